The van der Waals surface area contributed by atoms with Gasteiger partial charge in [0.1, 0.15) is 0 Å². The summed E-state index contributed by atoms with van der Waals surface area (Å²) in [4.78, 5) is 0. The van der Waals surface area contributed by atoms with Gasteiger partial charge in [0.25, 0.3) is 0 Å². The highest BCUT2D eigenvalue weighted by atomic mass is 19.2. The molecule has 1 N–H and O–H groups in total. The van der Waals surface area contributed by atoms with Crippen molar-refractivity contribution in [3.8, 4) is 0 Å². The van der Waals surface area contributed by atoms with Gasteiger partial charge in [-0.25, -0.2) is 8.78 Å². The van der Waals surface area contributed by atoms with Crippen molar-refractivity contribution in [2.24, 2.45) is 0 Å². The summed E-state index contributed by atoms with van der Waals surface area (Å²) in [7, 11) is 0. The van der Waals surface area contributed by atoms with Gasteiger partial charge in [-0.05, 0) is 49.9 Å². The molecule has 3 heteroatoms. The Morgan fingerprint density at radius 1 is 1.22 bits per heavy atom. The lowest BCUT2D eigenvalue weighted by atomic mass is 9.90. The van der Waals surface area contributed by atoms with Gasteiger partial charge in [-0.2, -0.15) is 0 Å². The molecule has 1 unspecified atom stereocenters. The van der Waals surface area contributed by atoms with Crippen LogP contribution in [0.4, 0.5) is 8.78 Å². The Balaban J connectivity index is 2.28. The molecule has 1 aromatic carbocycles. The first-order valence-electron chi connectivity index (χ1n) is 6.59. The van der Waals surface area contributed by atoms with Gasteiger partial charge in [-0.15, -0.1) is 0 Å². The molecular weight excluding hydrogens is 232 g/mol. The van der Waals surface area contributed by atoms with Crippen LogP contribution >= 0.6 is 0 Å². The van der Waals surface area contributed by atoms with Gasteiger partial charge < -0.3 is 5.32 Å². The normalized spacial score (nSPS) is 17.4. The van der Waals surface area contributed by atoms with Crippen molar-refractivity contribution in [2.75, 3.05) is 6.54 Å². The third-order valence-electron chi connectivity index (χ3n) is 3.38. The van der Waals surface area contributed by atoms with Crippen molar-refractivity contribution in [3.63, 3.8) is 0 Å². The van der Waals surface area contributed by atoms with Gasteiger partial charge in [0.05, 0.1) is 6.04 Å². The zero-order chi connectivity index (χ0) is 13.0. The van der Waals surface area contributed by atoms with Gasteiger partial charge in [0, 0.05) is 0 Å². The molecule has 0 amide bonds. The Kier molecular flexibility index (Phi) is 4.48. The number of likely N-dealkylation sites (N-methyl/N-ethyl adjacent to an activating group) is 1. The van der Waals surface area contributed by atoms with E-state index in [1.54, 1.807) is 6.07 Å². The van der Waals surface area contributed by atoms with Crippen LogP contribution in [0.2, 0.25) is 0 Å². The van der Waals surface area contributed by atoms with E-state index in [1.165, 1.54) is 30.5 Å². The van der Waals surface area contributed by atoms with Crippen LogP contribution in [0.3, 0.4) is 0 Å². The van der Waals surface area contributed by atoms with E-state index >= 15 is 0 Å². The van der Waals surface area contributed by atoms with E-state index < -0.39 is 11.6 Å². The molecule has 0 saturated heterocycles. The van der Waals surface area contributed by atoms with Crippen LogP contribution in [-0.4, -0.2) is 6.54 Å². The van der Waals surface area contributed by atoms with Crippen LogP contribution in [-0.2, 0) is 0 Å². The first kappa shape index (κ1) is 13.2. The lowest BCUT2D eigenvalue weighted by Crippen LogP contribution is -2.23. The summed E-state index contributed by atoms with van der Waals surface area (Å²) in [6.45, 7) is 2.83. The van der Waals surface area contributed by atoms with Crippen molar-refractivity contribution in [3.05, 3.63) is 47.0 Å². The Hall–Kier alpha value is -1.22. The Morgan fingerprint density at radius 3 is 2.67 bits per heavy atom. The predicted octanol–water partition coefficient (Wildman–Crippen LogP) is 4.12. The molecule has 0 aliphatic heterocycles. The Bertz CT molecular complexity index is 440. The summed E-state index contributed by atoms with van der Waals surface area (Å²) in [6.07, 6.45) is 6.76. The van der Waals surface area contributed by atoms with Crippen molar-refractivity contribution in [2.45, 2.75) is 38.6 Å². The molecule has 0 spiro atoms. The number of allylic oxidation sites excluding steroid dienone is 1. The molecule has 1 nitrogen and oxygen atoms in total. The molecule has 0 radical (unpaired) electrons. The first-order valence-corrected chi connectivity index (χ1v) is 6.59. The molecule has 0 heterocycles. The highest BCUT2D eigenvalue weighted by molar-refractivity contribution is 5.30. The standard InChI is InChI=1S/C15H19F2N/c1-2-18-15(11-6-4-3-5-7-11)12-8-9-13(16)14(17)10-12/h6,8-10,15,18H,2-5,7H2,1H3. The molecule has 1 aliphatic carbocycles. The summed E-state index contributed by atoms with van der Waals surface area (Å²) in [6, 6.07) is 4.20. The topological polar surface area (TPSA) is 12.0 Å². The number of hydrogen-bond acceptors (Lipinski definition) is 1. The average molecular weight is 251 g/mol. The fourth-order valence-corrected chi connectivity index (χ4v) is 2.48. The van der Waals surface area contributed by atoms with Crippen LogP contribution < -0.4 is 5.32 Å². The highest BCUT2D eigenvalue weighted by Crippen LogP contribution is 2.30. The number of hydrogen-bond donors (Lipinski definition) is 1. The van der Waals surface area contributed by atoms with Crippen LogP contribution in [0, 0.1) is 11.6 Å². The summed E-state index contributed by atoms with van der Waals surface area (Å²) in [5, 5.41) is 3.36. The number of rotatable bonds is 4. The third kappa shape index (κ3) is 2.96. The van der Waals surface area contributed by atoms with E-state index in [-0.39, 0.29) is 6.04 Å². The quantitative estimate of drug-likeness (QED) is 0.794. The maximum absolute atomic E-state index is 13.3. The second kappa shape index (κ2) is 6.10. The Morgan fingerprint density at radius 2 is 2.06 bits per heavy atom. The molecule has 0 bridgehead atoms. The molecule has 98 valence electrons. The molecule has 0 aromatic heterocycles. The predicted molar refractivity (Wildman–Crippen MR) is 69.3 cm³/mol. The van der Waals surface area contributed by atoms with Crippen LogP contribution in [0.5, 0.6) is 0 Å². The lowest BCUT2D eigenvalue weighted by Gasteiger charge is -2.24. The highest BCUT2D eigenvalue weighted by Gasteiger charge is 2.18. The van der Waals surface area contributed by atoms with E-state index in [9.17, 15) is 8.78 Å². The average Bonchev–Trinajstić information content (AvgIpc) is 2.40. The number of nitrogens with one attached hydrogen (secondary N) is 1. The van der Waals surface area contributed by atoms with Crippen molar-refractivity contribution in [1.29, 1.82) is 0 Å². The Labute approximate surface area is 107 Å². The molecule has 1 aliphatic rings. The maximum atomic E-state index is 13.3. The summed E-state index contributed by atoms with van der Waals surface area (Å²) in [5.74, 6) is -1.56. The van der Waals surface area contributed by atoms with E-state index in [2.05, 4.69) is 11.4 Å². The molecular formula is C15H19F2N. The van der Waals surface area contributed by atoms with Gasteiger partial charge >= 0.3 is 0 Å². The zero-order valence-electron chi connectivity index (χ0n) is 10.7. The van der Waals surface area contributed by atoms with Crippen molar-refractivity contribution < 1.29 is 8.78 Å². The van der Waals surface area contributed by atoms with E-state index in [4.69, 9.17) is 0 Å². The van der Waals surface area contributed by atoms with Crippen molar-refractivity contribution in [1.82, 2.24) is 5.32 Å². The number of benzene rings is 1. The SMILES string of the molecule is CCNC(C1=CCCCC1)c1ccc(F)c(F)c1. The molecule has 0 fully saturated rings. The van der Waals surface area contributed by atoms with Crippen LogP contribution in [0.1, 0.15) is 44.2 Å². The molecule has 0 saturated carbocycles. The van der Waals surface area contributed by atoms with Gasteiger partial charge in [-0.3, -0.25) is 0 Å². The maximum Gasteiger partial charge on any atom is 0.159 e. The van der Waals surface area contributed by atoms with Crippen molar-refractivity contribution >= 4 is 0 Å². The van der Waals surface area contributed by atoms with Gasteiger partial charge in [0.2, 0.25) is 0 Å². The largest absolute Gasteiger partial charge is 0.307 e. The van der Waals surface area contributed by atoms with Crippen LogP contribution in [0.15, 0.2) is 29.8 Å². The minimum atomic E-state index is -0.786. The minimum Gasteiger partial charge on any atom is -0.307 e. The van der Waals surface area contributed by atoms with Crippen LogP contribution in [0.25, 0.3) is 0 Å². The second-order valence-electron chi connectivity index (χ2n) is 4.69. The number of halogens is 2. The zero-order valence-corrected chi connectivity index (χ0v) is 10.7. The first-order chi connectivity index (χ1) is 8.72. The third-order valence-corrected chi connectivity index (χ3v) is 3.38. The summed E-state index contributed by atoms with van der Waals surface area (Å²) in [5.41, 5.74) is 2.11. The molecule has 1 atom stereocenters. The molecule has 2 rings (SSSR count). The van der Waals surface area contributed by atoms with Gasteiger partial charge in [0.15, 0.2) is 11.6 Å². The fourth-order valence-electron chi connectivity index (χ4n) is 2.48. The lowest BCUT2D eigenvalue weighted by molar-refractivity contribution is 0.501. The fraction of sp³-hybridized carbons (Fsp3) is 0.467. The van der Waals surface area contributed by atoms with E-state index in [0.717, 1.165) is 24.9 Å². The van der Waals surface area contributed by atoms with Gasteiger partial charge in [-0.1, -0.05) is 24.6 Å². The van der Waals surface area contributed by atoms with E-state index in [0.29, 0.717) is 0 Å². The second-order valence-corrected chi connectivity index (χ2v) is 4.69. The molecule has 18 heavy (non-hydrogen) atoms. The monoisotopic (exact) mass is 251 g/mol. The summed E-state index contributed by atoms with van der Waals surface area (Å²) >= 11 is 0. The summed E-state index contributed by atoms with van der Waals surface area (Å²) < 4.78 is 26.3. The van der Waals surface area contributed by atoms with E-state index in [1.807, 2.05) is 6.92 Å². The smallest absolute Gasteiger partial charge is 0.159 e. The minimum absolute atomic E-state index is 0.0189. The molecule has 1 aromatic rings.